The molecule has 0 N–H and O–H groups in total. The van der Waals surface area contributed by atoms with Gasteiger partial charge in [-0.1, -0.05) is 67.4 Å². The van der Waals surface area contributed by atoms with Gasteiger partial charge in [0.05, 0.1) is 0 Å². The van der Waals surface area contributed by atoms with E-state index in [9.17, 15) is 0 Å². The average Bonchev–Trinajstić information content (AvgIpc) is 2.18. The highest BCUT2D eigenvalue weighted by Gasteiger charge is 2.05. The lowest BCUT2D eigenvalue weighted by atomic mass is 10.0. The molecule has 0 nitrogen and oxygen atoms in total. The first-order chi connectivity index (χ1) is 7.13. The minimum atomic E-state index is 0.524. The summed E-state index contributed by atoms with van der Waals surface area (Å²) >= 11 is 3.72. The van der Waals surface area contributed by atoms with Gasteiger partial charge >= 0.3 is 0 Å². The molecule has 1 aromatic rings. The summed E-state index contributed by atoms with van der Waals surface area (Å²) < 4.78 is 0. The Morgan fingerprint density at radius 3 is 2.20 bits per heavy atom. The first-order valence-electron chi connectivity index (χ1n) is 5.86. The maximum absolute atomic E-state index is 3.72. The summed E-state index contributed by atoms with van der Waals surface area (Å²) in [4.78, 5) is 0.524. The van der Waals surface area contributed by atoms with Crippen molar-refractivity contribution in [1.29, 1.82) is 0 Å². The van der Waals surface area contributed by atoms with E-state index in [1.165, 1.54) is 30.4 Å². The zero-order valence-electron chi connectivity index (χ0n) is 9.96. The van der Waals surface area contributed by atoms with E-state index in [1.54, 1.807) is 0 Å². The van der Waals surface area contributed by atoms with Crippen LogP contribution in [0.25, 0.3) is 0 Å². The standard InChI is InChI=1S/C14H21Br/c1-4-5-14(15)13-8-6-12(7-9-13)10-11(2)3/h6-9,11,14H,4-5,10H2,1-3H3. The van der Waals surface area contributed by atoms with E-state index in [0.717, 1.165) is 5.92 Å². The Morgan fingerprint density at radius 1 is 1.13 bits per heavy atom. The van der Waals surface area contributed by atoms with Gasteiger partial charge in [-0.05, 0) is 29.9 Å². The predicted octanol–water partition coefficient (Wildman–Crippen LogP) is 5.12. The zero-order chi connectivity index (χ0) is 11.3. The average molecular weight is 269 g/mol. The molecule has 0 aliphatic rings. The molecule has 0 radical (unpaired) electrons. The summed E-state index contributed by atoms with van der Waals surface area (Å²) in [5.74, 6) is 0.742. The fraction of sp³-hybridized carbons (Fsp3) is 0.571. The van der Waals surface area contributed by atoms with Crippen molar-refractivity contribution in [1.82, 2.24) is 0 Å². The summed E-state index contributed by atoms with van der Waals surface area (Å²) in [6.45, 7) is 6.75. The lowest BCUT2D eigenvalue weighted by molar-refractivity contribution is 0.647. The first-order valence-corrected chi connectivity index (χ1v) is 6.78. The highest BCUT2D eigenvalue weighted by molar-refractivity contribution is 9.09. The number of hydrogen-bond donors (Lipinski definition) is 0. The summed E-state index contributed by atoms with van der Waals surface area (Å²) in [5.41, 5.74) is 2.86. The Kier molecular flexibility index (Phi) is 5.38. The van der Waals surface area contributed by atoms with E-state index in [0.29, 0.717) is 4.83 Å². The molecule has 1 unspecified atom stereocenters. The Morgan fingerprint density at radius 2 is 1.73 bits per heavy atom. The van der Waals surface area contributed by atoms with Crippen molar-refractivity contribution in [3.63, 3.8) is 0 Å². The molecule has 1 heteroatoms. The van der Waals surface area contributed by atoms with Crippen LogP contribution in [0.1, 0.15) is 49.6 Å². The monoisotopic (exact) mass is 268 g/mol. The van der Waals surface area contributed by atoms with Gasteiger partial charge in [0.25, 0.3) is 0 Å². The van der Waals surface area contributed by atoms with Gasteiger partial charge in [0.2, 0.25) is 0 Å². The van der Waals surface area contributed by atoms with Crippen molar-refractivity contribution >= 4 is 15.9 Å². The van der Waals surface area contributed by atoms with E-state index >= 15 is 0 Å². The molecular formula is C14H21Br. The molecule has 0 aliphatic heterocycles. The molecule has 1 atom stereocenters. The van der Waals surface area contributed by atoms with Crippen molar-refractivity contribution in [2.24, 2.45) is 5.92 Å². The molecule has 0 aliphatic carbocycles. The van der Waals surface area contributed by atoms with Crippen LogP contribution >= 0.6 is 15.9 Å². The minimum Gasteiger partial charge on any atom is -0.0839 e. The van der Waals surface area contributed by atoms with Crippen LogP contribution in [0.3, 0.4) is 0 Å². The first kappa shape index (κ1) is 12.8. The molecule has 1 aromatic carbocycles. The lowest BCUT2D eigenvalue weighted by Crippen LogP contribution is -1.95. The van der Waals surface area contributed by atoms with Crippen molar-refractivity contribution in [3.05, 3.63) is 35.4 Å². The second kappa shape index (κ2) is 6.32. The fourth-order valence-corrected chi connectivity index (χ4v) is 2.52. The Balaban J connectivity index is 2.63. The quantitative estimate of drug-likeness (QED) is 0.651. The van der Waals surface area contributed by atoms with Gasteiger partial charge < -0.3 is 0 Å². The van der Waals surface area contributed by atoms with Gasteiger partial charge in [-0.15, -0.1) is 0 Å². The lowest BCUT2D eigenvalue weighted by Gasteiger charge is -2.10. The van der Waals surface area contributed by atoms with Crippen molar-refractivity contribution in [2.45, 2.75) is 44.9 Å². The SMILES string of the molecule is CCCC(Br)c1ccc(CC(C)C)cc1. The maximum Gasteiger partial charge on any atom is 0.0395 e. The van der Waals surface area contributed by atoms with E-state index in [1.807, 2.05) is 0 Å². The van der Waals surface area contributed by atoms with E-state index in [4.69, 9.17) is 0 Å². The van der Waals surface area contributed by atoms with Gasteiger partial charge in [-0.2, -0.15) is 0 Å². The Labute approximate surface area is 102 Å². The second-order valence-corrected chi connectivity index (χ2v) is 5.70. The van der Waals surface area contributed by atoms with E-state index in [-0.39, 0.29) is 0 Å². The molecule has 15 heavy (non-hydrogen) atoms. The highest BCUT2D eigenvalue weighted by Crippen LogP contribution is 2.27. The molecule has 0 amide bonds. The Bertz CT molecular complexity index is 274. The molecule has 0 saturated carbocycles. The summed E-state index contributed by atoms with van der Waals surface area (Å²) in [6.07, 6.45) is 3.62. The topological polar surface area (TPSA) is 0 Å². The third-order valence-corrected chi connectivity index (χ3v) is 3.51. The predicted molar refractivity (Wildman–Crippen MR) is 71.6 cm³/mol. The van der Waals surface area contributed by atoms with Gasteiger partial charge in [0.1, 0.15) is 0 Å². The van der Waals surface area contributed by atoms with Crippen LogP contribution in [0.5, 0.6) is 0 Å². The zero-order valence-corrected chi connectivity index (χ0v) is 11.5. The van der Waals surface area contributed by atoms with Crippen molar-refractivity contribution in [3.8, 4) is 0 Å². The number of rotatable bonds is 5. The normalized spacial score (nSPS) is 13.1. The van der Waals surface area contributed by atoms with Crippen LogP contribution in [0, 0.1) is 5.92 Å². The van der Waals surface area contributed by atoms with Crippen LogP contribution in [-0.2, 0) is 6.42 Å². The molecular weight excluding hydrogens is 248 g/mol. The highest BCUT2D eigenvalue weighted by atomic mass is 79.9. The van der Waals surface area contributed by atoms with Crippen LogP contribution in [0.2, 0.25) is 0 Å². The number of benzene rings is 1. The molecule has 1 rings (SSSR count). The molecule has 0 spiro atoms. The smallest absolute Gasteiger partial charge is 0.0395 e. The largest absolute Gasteiger partial charge is 0.0839 e. The second-order valence-electron chi connectivity index (χ2n) is 4.60. The number of hydrogen-bond acceptors (Lipinski definition) is 0. The van der Waals surface area contributed by atoms with Crippen LogP contribution < -0.4 is 0 Å². The van der Waals surface area contributed by atoms with Gasteiger partial charge in [0, 0.05) is 4.83 Å². The van der Waals surface area contributed by atoms with Crippen molar-refractivity contribution in [2.75, 3.05) is 0 Å². The Hall–Kier alpha value is -0.300. The van der Waals surface area contributed by atoms with E-state index in [2.05, 4.69) is 61.0 Å². The van der Waals surface area contributed by atoms with E-state index < -0.39 is 0 Å². The molecule has 0 heterocycles. The molecule has 0 bridgehead atoms. The third-order valence-electron chi connectivity index (χ3n) is 2.53. The van der Waals surface area contributed by atoms with Gasteiger partial charge in [-0.3, -0.25) is 0 Å². The molecule has 0 aromatic heterocycles. The molecule has 0 saturated heterocycles. The summed E-state index contributed by atoms with van der Waals surface area (Å²) in [6, 6.07) is 9.04. The van der Waals surface area contributed by atoms with Crippen molar-refractivity contribution < 1.29 is 0 Å². The number of halogens is 1. The molecule has 84 valence electrons. The van der Waals surface area contributed by atoms with Gasteiger partial charge in [0.15, 0.2) is 0 Å². The summed E-state index contributed by atoms with van der Waals surface area (Å²) in [7, 11) is 0. The van der Waals surface area contributed by atoms with Crippen LogP contribution in [0.15, 0.2) is 24.3 Å². The fourth-order valence-electron chi connectivity index (χ4n) is 1.75. The van der Waals surface area contributed by atoms with Crippen LogP contribution in [-0.4, -0.2) is 0 Å². The summed E-state index contributed by atoms with van der Waals surface area (Å²) in [5, 5.41) is 0. The maximum atomic E-state index is 3.72. The van der Waals surface area contributed by atoms with Crippen LogP contribution in [0.4, 0.5) is 0 Å². The molecule has 0 fully saturated rings. The minimum absolute atomic E-state index is 0.524. The number of alkyl halides is 1. The van der Waals surface area contributed by atoms with Gasteiger partial charge in [-0.25, -0.2) is 0 Å². The third kappa shape index (κ3) is 4.38.